The lowest BCUT2D eigenvalue weighted by Crippen LogP contribution is -2.63. The molecule has 12 heteroatoms. The SMILES string of the molecule is CCCNC(=O)c1cc(N(C)C)c2c(c1O)C(=O)C1=C(O)[C@]3(O)C(=O)C(C(N)=O)=C(O)[C@H](N(C)C)[C@@H]3C[C@@H]1C2. The average molecular weight is 543 g/mol. The Morgan fingerprint density at radius 1 is 1.15 bits per heavy atom. The van der Waals surface area contributed by atoms with E-state index in [0.717, 1.165) is 0 Å². The first-order valence-corrected chi connectivity index (χ1v) is 12.7. The molecule has 0 bridgehead atoms. The summed E-state index contributed by atoms with van der Waals surface area (Å²) >= 11 is 0. The molecule has 4 rings (SSSR count). The van der Waals surface area contributed by atoms with E-state index in [1.165, 1.54) is 11.0 Å². The van der Waals surface area contributed by atoms with Crippen molar-refractivity contribution in [2.24, 2.45) is 17.6 Å². The number of fused-ring (bicyclic) bond motifs is 3. The van der Waals surface area contributed by atoms with Gasteiger partial charge in [-0.2, -0.15) is 0 Å². The van der Waals surface area contributed by atoms with Gasteiger partial charge in [-0.3, -0.25) is 24.1 Å². The third-order valence-corrected chi connectivity index (χ3v) is 7.96. The second-order valence-electron chi connectivity index (χ2n) is 10.8. The molecule has 12 nitrogen and oxygen atoms in total. The van der Waals surface area contributed by atoms with Gasteiger partial charge in [0.1, 0.15) is 22.8 Å². The summed E-state index contributed by atoms with van der Waals surface area (Å²) in [4.78, 5) is 55.5. The van der Waals surface area contributed by atoms with E-state index in [0.29, 0.717) is 24.2 Å². The number of phenolic OH excluding ortho intramolecular Hbond substituents is 1. The van der Waals surface area contributed by atoms with Crippen LogP contribution in [0.15, 0.2) is 28.7 Å². The van der Waals surface area contributed by atoms with Crippen LogP contribution >= 0.6 is 0 Å². The number of aliphatic hydroxyl groups is 3. The maximum atomic E-state index is 14.0. The number of Topliss-reactive ketones (excluding diaryl/α,β-unsaturated/α-hetero) is 2. The summed E-state index contributed by atoms with van der Waals surface area (Å²) in [6.07, 6.45) is 0.767. The average Bonchev–Trinajstić information content (AvgIpc) is 2.84. The minimum atomic E-state index is -2.72. The number of allylic oxidation sites excluding steroid dienone is 1. The first-order chi connectivity index (χ1) is 18.2. The van der Waals surface area contributed by atoms with Gasteiger partial charge in [-0.1, -0.05) is 6.92 Å². The molecule has 0 saturated carbocycles. The van der Waals surface area contributed by atoms with Crippen LogP contribution in [0.2, 0.25) is 0 Å². The number of nitrogens with zero attached hydrogens (tertiary/aromatic N) is 2. The maximum Gasteiger partial charge on any atom is 0.255 e. The van der Waals surface area contributed by atoms with E-state index in [4.69, 9.17) is 5.73 Å². The number of aromatic hydroxyl groups is 1. The number of benzene rings is 1. The fourth-order valence-electron chi connectivity index (χ4n) is 6.20. The van der Waals surface area contributed by atoms with Crippen molar-refractivity contribution in [3.63, 3.8) is 0 Å². The lowest BCUT2D eigenvalue weighted by atomic mass is 9.58. The number of ketones is 2. The highest BCUT2D eigenvalue weighted by molar-refractivity contribution is 6.25. The molecule has 0 aromatic heterocycles. The van der Waals surface area contributed by atoms with Gasteiger partial charge in [-0.25, -0.2) is 0 Å². The standard InChI is InChI=1S/C27H34N4O8/c1-6-7-29-26(38)13-10-15(30(2)3)12-8-11-9-14-19(31(4)5)22(34)18(25(28)37)24(36)27(14,39)23(35)16(11)21(33)17(12)20(13)32/h10-11,14,19,32,34-35,39H,6-9H2,1-5H3,(H2,28,37)(H,29,38)/t11-,14-,19+,27-/m0/s1. The molecule has 3 aliphatic carbocycles. The van der Waals surface area contributed by atoms with E-state index in [9.17, 15) is 39.6 Å². The molecule has 0 spiro atoms. The number of carbonyl (C=O) groups excluding carboxylic acids is 4. The van der Waals surface area contributed by atoms with Crippen molar-refractivity contribution >= 4 is 29.1 Å². The number of hydrogen-bond acceptors (Lipinski definition) is 10. The zero-order valence-electron chi connectivity index (χ0n) is 22.5. The Morgan fingerprint density at radius 2 is 1.79 bits per heavy atom. The molecule has 1 aromatic carbocycles. The number of anilines is 1. The molecule has 0 heterocycles. The van der Waals surface area contributed by atoms with Gasteiger partial charge in [0.05, 0.1) is 17.2 Å². The normalized spacial score (nSPS) is 26.3. The molecule has 7 N–H and O–H groups in total. The van der Waals surface area contributed by atoms with E-state index in [-0.39, 0.29) is 29.5 Å². The highest BCUT2D eigenvalue weighted by Gasteiger charge is 2.63. The van der Waals surface area contributed by atoms with E-state index >= 15 is 0 Å². The quantitative estimate of drug-likeness (QED) is 0.273. The second-order valence-corrected chi connectivity index (χ2v) is 10.8. The minimum Gasteiger partial charge on any atom is -0.510 e. The maximum absolute atomic E-state index is 14.0. The largest absolute Gasteiger partial charge is 0.510 e. The Morgan fingerprint density at radius 3 is 2.33 bits per heavy atom. The minimum absolute atomic E-state index is 0.0157. The number of nitrogens with two attached hydrogens (primary N) is 1. The first kappa shape index (κ1) is 28.1. The fraction of sp³-hybridized carbons (Fsp3) is 0.481. The van der Waals surface area contributed by atoms with Crippen LogP contribution in [0.25, 0.3) is 0 Å². The lowest BCUT2D eigenvalue weighted by Gasteiger charge is -2.50. The van der Waals surface area contributed by atoms with Gasteiger partial charge in [-0.05, 0) is 50.9 Å². The van der Waals surface area contributed by atoms with Crippen LogP contribution in [0.3, 0.4) is 0 Å². The van der Waals surface area contributed by atoms with Crippen LogP contribution in [0.1, 0.15) is 46.0 Å². The number of carbonyl (C=O) groups is 4. The topological polar surface area (TPSA) is 194 Å². The van der Waals surface area contributed by atoms with E-state index in [2.05, 4.69) is 5.32 Å². The molecule has 0 fully saturated rings. The van der Waals surface area contributed by atoms with Gasteiger partial charge in [0.15, 0.2) is 11.4 Å². The van der Waals surface area contributed by atoms with Crippen molar-refractivity contribution in [1.82, 2.24) is 10.2 Å². The summed E-state index contributed by atoms with van der Waals surface area (Å²) in [7, 11) is 6.59. The third kappa shape index (κ3) is 3.97. The number of aliphatic hydroxyl groups excluding tert-OH is 2. The Bertz CT molecular complexity index is 1360. The molecule has 1 aromatic rings. The number of nitrogens with one attached hydrogen (secondary N) is 1. The second kappa shape index (κ2) is 9.69. The summed E-state index contributed by atoms with van der Waals surface area (Å²) in [5.41, 5.74) is 2.12. The third-order valence-electron chi connectivity index (χ3n) is 7.96. The van der Waals surface area contributed by atoms with Crippen LogP contribution in [0.5, 0.6) is 5.75 Å². The zero-order valence-corrected chi connectivity index (χ0v) is 22.5. The van der Waals surface area contributed by atoms with Gasteiger partial charge in [0.25, 0.3) is 11.8 Å². The molecule has 0 radical (unpaired) electrons. The van der Waals surface area contributed by atoms with Crippen molar-refractivity contribution in [3.05, 3.63) is 45.4 Å². The first-order valence-electron chi connectivity index (χ1n) is 12.7. The molecule has 0 unspecified atom stereocenters. The molecule has 0 saturated heterocycles. The van der Waals surface area contributed by atoms with Crippen molar-refractivity contribution in [2.75, 3.05) is 39.6 Å². The van der Waals surface area contributed by atoms with Gasteiger partial charge in [0, 0.05) is 37.8 Å². The highest BCUT2D eigenvalue weighted by Crippen LogP contribution is 2.53. The molecule has 39 heavy (non-hydrogen) atoms. The molecular weight excluding hydrogens is 508 g/mol. The number of primary amides is 1. The van der Waals surface area contributed by atoms with Gasteiger partial charge < -0.3 is 36.4 Å². The summed E-state index contributed by atoms with van der Waals surface area (Å²) < 4.78 is 0. The number of hydrogen-bond donors (Lipinski definition) is 6. The smallest absolute Gasteiger partial charge is 0.255 e. The summed E-state index contributed by atoms with van der Waals surface area (Å²) in [6.45, 7) is 2.21. The Hall–Kier alpha value is -3.90. The molecule has 0 aliphatic heterocycles. The molecule has 2 amide bonds. The Balaban J connectivity index is 1.96. The van der Waals surface area contributed by atoms with Crippen LogP contribution in [0.4, 0.5) is 5.69 Å². The molecule has 210 valence electrons. The van der Waals surface area contributed by atoms with Crippen LogP contribution in [-0.2, 0) is 16.0 Å². The predicted molar refractivity (Wildman–Crippen MR) is 141 cm³/mol. The van der Waals surface area contributed by atoms with Crippen LogP contribution in [-0.4, -0.2) is 95.1 Å². The van der Waals surface area contributed by atoms with E-state index in [1.807, 2.05) is 6.92 Å². The fourth-order valence-corrected chi connectivity index (χ4v) is 6.20. The van der Waals surface area contributed by atoms with Crippen LogP contribution in [0, 0.1) is 11.8 Å². The molecular formula is C27H34N4O8. The monoisotopic (exact) mass is 542 g/mol. The van der Waals surface area contributed by atoms with Crippen molar-refractivity contribution in [1.29, 1.82) is 0 Å². The van der Waals surface area contributed by atoms with Crippen molar-refractivity contribution < 1.29 is 39.6 Å². The molecule has 3 aliphatic rings. The highest BCUT2D eigenvalue weighted by atomic mass is 16.3. The van der Waals surface area contributed by atoms with Gasteiger partial charge in [-0.15, -0.1) is 0 Å². The number of likely N-dealkylation sites (N-methyl/N-ethyl adjacent to an activating group) is 1. The van der Waals surface area contributed by atoms with Gasteiger partial charge in [0.2, 0.25) is 5.78 Å². The van der Waals surface area contributed by atoms with Crippen molar-refractivity contribution in [2.45, 2.75) is 37.8 Å². The van der Waals surface area contributed by atoms with Crippen LogP contribution < -0.4 is 16.0 Å². The van der Waals surface area contributed by atoms with Crippen molar-refractivity contribution in [3.8, 4) is 5.75 Å². The van der Waals surface area contributed by atoms with Gasteiger partial charge >= 0.3 is 0 Å². The zero-order chi connectivity index (χ0) is 29.1. The Labute approximate surface area is 225 Å². The number of rotatable bonds is 6. The number of phenols is 1. The lowest BCUT2D eigenvalue weighted by molar-refractivity contribution is -0.148. The van der Waals surface area contributed by atoms with E-state index < -0.39 is 69.7 Å². The summed E-state index contributed by atoms with van der Waals surface area (Å²) in [5, 5.41) is 47.8. The Kier molecular flexibility index (Phi) is 6.98. The summed E-state index contributed by atoms with van der Waals surface area (Å²) in [6, 6.07) is 0.433. The summed E-state index contributed by atoms with van der Waals surface area (Å²) in [5.74, 6) is -7.97. The number of amides is 2. The molecule has 4 atom stereocenters. The van der Waals surface area contributed by atoms with E-state index in [1.54, 1.807) is 33.1 Å². The predicted octanol–water partition coefficient (Wildman–Crippen LogP) is 0.326.